The second kappa shape index (κ2) is 9.77. The predicted molar refractivity (Wildman–Crippen MR) is 136 cm³/mol. The molecule has 0 aliphatic carbocycles. The van der Waals surface area contributed by atoms with E-state index >= 15 is 0 Å². The number of hydrogen-bond acceptors (Lipinski definition) is 4. The van der Waals surface area contributed by atoms with Gasteiger partial charge in [0.1, 0.15) is 0 Å². The molecule has 176 valence electrons. The molecule has 1 saturated heterocycles. The van der Waals surface area contributed by atoms with Crippen LogP contribution in [0, 0.1) is 5.92 Å². The molecule has 0 radical (unpaired) electrons. The first-order valence-electron chi connectivity index (χ1n) is 11.7. The second-order valence-corrected chi connectivity index (χ2v) is 9.93. The molecule has 1 atom stereocenters. The summed E-state index contributed by atoms with van der Waals surface area (Å²) in [6, 6.07) is 16.8. The number of ether oxygens (including phenoxy) is 1. The number of nitrogens with zero attached hydrogens (tertiary/aromatic N) is 4. The summed E-state index contributed by atoms with van der Waals surface area (Å²) in [6.45, 7) is 5.04. The molecule has 2 aromatic carbocycles. The van der Waals surface area contributed by atoms with Crippen molar-refractivity contribution in [2.24, 2.45) is 5.92 Å². The van der Waals surface area contributed by atoms with Crippen LogP contribution in [0.1, 0.15) is 25.6 Å². The monoisotopic (exact) mass is 520 g/mol. The van der Waals surface area contributed by atoms with E-state index in [1.54, 1.807) is 0 Å². The molecule has 8 heteroatoms. The van der Waals surface area contributed by atoms with Gasteiger partial charge in [0, 0.05) is 0 Å². The molecular weight excluding hydrogens is 491 g/mol. The zero-order chi connectivity index (χ0) is 23.7. The van der Waals surface area contributed by atoms with Gasteiger partial charge in [-0.25, -0.2) is 0 Å². The number of aromatic nitrogens is 3. The quantitative estimate of drug-likeness (QED) is 0.394. The first-order valence-corrected chi connectivity index (χ1v) is 13.0. The first-order chi connectivity index (χ1) is 16.5. The van der Waals surface area contributed by atoms with Gasteiger partial charge >= 0.3 is 207 Å². The van der Waals surface area contributed by atoms with Gasteiger partial charge in [0.25, 0.3) is 0 Å². The third-order valence-electron chi connectivity index (χ3n) is 6.65. The first kappa shape index (κ1) is 22.9. The Labute approximate surface area is 207 Å². The van der Waals surface area contributed by atoms with Crippen LogP contribution in [0.4, 0.5) is 4.79 Å². The minimum atomic E-state index is -0.826. The minimum absolute atomic E-state index is 0.394. The van der Waals surface area contributed by atoms with E-state index in [4.69, 9.17) is 14.7 Å². The van der Waals surface area contributed by atoms with Crippen molar-refractivity contribution in [2.45, 2.75) is 32.9 Å². The Balaban J connectivity index is 1.59. The fourth-order valence-corrected chi connectivity index (χ4v) is 5.55. The van der Waals surface area contributed by atoms with Gasteiger partial charge in [-0.15, -0.1) is 0 Å². The topological polar surface area (TPSA) is 80.5 Å². The normalized spacial score (nSPS) is 14.8. The van der Waals surface area contributed by atoms with Gasteiger partial charge in [-0.2, -0.15) is 0 Å². The Kier molecular flexibility index (Phi) is 6.57. The molecule has 4 aromatic rings. The Morgan fingerprint density at radius 2 is 1.88 bits per heavy atom. The number of hydrogen-bond donors (Lipinski definition) is 1. The molecule has 2 aromatic heterocycles. The number of imidazole rings is 1. The number of likely N-dealkylation sites (tertiary alicyclic amines) is 1. The SMILES string of the molecule is CCOCc1nc2c([AsH2])nc3cc(-c4ccccc4)ccc3c2n1CC1CCN(C(=O)O)CC1. The Hall–Kier alpha value is -2.89. The maximum absolute atomic E-state index is 11.3. The van der Waals surface area contributed by atoms with E-state index < -0.39 is 6.09 Å². The predicted octanol–water partition coefficient (Wildman–Crippen LogP) is 3.44. The Morgan fingerprint density at radius 1 is 1.12 bits per heavy atom. The number of benzene rings is 2. The van der Waals surface area contributed by atoms with Crippen molar-refractivity contribution in [1.82, 2.24) is 19.4 Å². The van der Waals surface area contributed by atoms with E-state index in [0.717, 1.165) is 57.2 Å². The molecule has 1 amide bonds. The van der Waals surface area contributed by atoms with Gasteiger partial charge in [-0.05, 0) is 0 Å². The number of rotatable bonds is 6. The summed E-state index contributed by atoms with van der Waals surface area (Å²) in [7, 11) is 0. The van der Waals surface area contributed by atoms with Gasteiger partial charge in [-0.1, -0.05) is 0 Å². The molecule has 1 fully saturated rings. The second-order valence-electron chi connectivity index (χ2n) is 8.78. The molecule has 3 heterocycles. The van der Waals surface area contributed by atoms with Gasteiger partial charge in [0.2, 0.25) is 0 Å². The summed E-state index contributed by atoms with van der Waals surface area (Å²) >= 11 is 1.47. The van der Waals surface area contributed by atoms with Crippen molar-refractivity contribution in [1.29, 1.82) is 0 Å². The average Bonchev–Trinajstić information content (AvgIpc) is 3.22. The van der Waals surface area contributed by atoms with Gasteiger partial charge in [0.15, 0.2) is 0 Å². The molecule has 34 heavy (non-hydrogen) atoms. The van der Waals surface area contributed by atoms with E-state index in [-0.39, 0.29) is 0 Å². The average molecular weight is 520 g/mol. The molecular formula is C26H29AsN4O3. The summed E-state index contributed by atoms with van der Waals surface area (Å²) in [6.07, 6.45) is 0.876. The van der Waals surface area contributed by atoms with Crippen LogP contribution in [0.3, 0.4) is 0 Å². The zero-order valence-electron chi connectivity index (χ0n) is 19.3. The van der Waals surface area contributed by atoms with Crippen molar-refractivity contribution in [2.75, 3.05) is 19.7 Å². The van der Waals surface area contributed by atoms with Gasteiger partial charge in [-0.3, -0.25) is 0 Å². The van der Waals surface area contributed by atoms with E-state index in [1.807, 2.05) is 13.0 Å². The number of amides is 1. The summed E-state index contributed by atoms with van der Waals surface area (Å²) < 4.78 is 9.05. The molecule has 7 nitrogen and oxygen atoms in total. The van der Waals surface area contributed by atoms with Gasteiger partial charge in [0.05, 0.1) is 0 Å². The third-order valence-corrected chi connectivity index (χ3v) is 7.50. The maximum atomic E-state index is 11.3. The fourth-order valence-electron chi connectivity index (χ4n) is 4.83. The number of fused-ring (bicyclic) bond motifs is 3. The van der Waals surface area contributed by atoms with Crippen LogP contribution in [0.15, 0.2) is 48.5 Å². The summed E-state index contributed by atoms with van der Waals surface area (Å²) in [5.41, 5.74) is 5.34. The molecule has 1 aliphatic heterocycles. The standard InChI is InChI=1S/C26H29AsN4O3/c1-2-34-16-22-29-23-24(31(22)15-17-10-12-30(13-11-17)26(32)33)20-9-8-19(14-21(20)28-25(23)27)18-6-4-3-5-7-18/h3-9,14,17H,2,10-13,15-16,27H2,1H3,(H,32,33). The van der Waals surface area contributed by atoms with Crippen molar-refractivity contribution >= 4 is 49.4 Å². The summed E-state index contributed by atoms with van der Waals surface area (Å²) in [5, 5.41) is 10.4. The fraction of sp³-hybridized carbons (Fsp3) is 0.346. The van der Waals surface area contributed by atoms with Crippen molar-refractivity contribution in [3.63, 3.8) is 0 Å². The van der Waals surface area contributed by atoms with Crippen LogP contribution in [0.25, 0.3) is 33.1 Å². The Bertz CT molecular complexity index is 1330. The van der Waals surface area contributed by atoms with Crippen LogP contribution in [-0.4, -0.2) is 67.2 Å². The molecule has 1 N–H and O–H groups in total. The third kappa shape index (κ3) is 4.42. The van der Waals surface area contributed by atoms with Gasteiger partial charge < -0.3 is 0 Å². The van der Waals surface area contributed by atoms with E-state index in [0.29, 0.717) is 32.2 Å². The number of carboxylic acid groups (broad SMARTS) is 1. The summed E-state index contributed by atoms with van der Waals surface area (Å²) in [4.78, 5) is 22.8. The van der Waals surface area contributed by atoms with E-state index in [2.05, 4.69) is 47.0 Å². The van der Waals surface area contributed by atoms with Crippen molar-refractivity contribution in [3.05, 3.63) is 54.4 Å². The molecule has 0 bridgehead atoms. The molecule has 1 unspecified atom stereocenters. The molecule has 5 rings (SSSR count). The number of piperidine rings is 1. The van der Waals surface area contributed by atoms with Crippen molar-refractivity contribution < 1.29 is 14.6 Å². The Morgan fingerprint density at radius 3 is 2.59 bits per heavy atom. The molecule has 1 aliphatic rings. The number of pyridine rings is 1. The number of carbonyl (C=O) groups is 1. The van der Waals surface area contributed by atoms with Crippen LogP contribution in [0.2, 0.25) is 0 Å². The van der Waals surface area contributed by atoms with Crippen molar-refractivity contribution in [3.8, 4) is 11.1 Å². The molecule has 0 saturated carbocycles. The van der Waals surface area contributed by atoms with Crippen LogP contribution in [0.5, 0.6) is 0 Å². The van der Waals surface area contributed by atoms with E-state index in [9.17, 15) is 9.90 Å². The molecule has 0 spiro atoms. The van der Waals surface area contributed by atoms with Crippen LogP contribution < -0.4 is 4.48 Å². The van der Waals surface area contributed by atoms with Crippen LogP contribution >= 0.6 is 0 Å². The van der Waals surface area contributed by atoms with Crippen LogP contribution in [-0.2, 0) is 17.9 Å². The summed E-state index contributed by atoms with van der Waals surface area (Å²) in [5.74, 6) is 1.31. The zero-order valence-corrected chi connectivity index (χ0v) is 21.7. The van der Waals surface area contributed by atoms with E-state index in [1.165, 1.54) is 27.3 Å².